The third-order valence-electron chi connectivity index (χ3n) is 5.86. The van der Waals surface area contributed by atoms with Crippen molar-refractivity contribution in [3.05, 3.63) is 29.3 Å². The molecule has 3 saturated heterocycles. The lowest BCUT2D eigenvalue weighted by molar-refractivity contribution is -0.117. The zero-order valence-corrected chi connectivity index (χ0v) is 14.4. The molecule has 4 aliphatic rings. The molecule has 1 unspecified atom stereocenters. The molecule has 5 rings (SSSR count). The van der Waals surface area contributed by atoms with E-state index in [4.69, 9.17) is 0 Å². The van der Waals surface area contributed by atoms with Gasteiger partial charge >= 0.3 is 0 Å². The molecule has 0 saturated carbocycles. The van der Waals surface area contributed by atoms with Crippen molar-refractivity contribution < 1.29 is 9.59 Å². The average Bonchev–Trinajstić information content (AvgIpc) is 2.55. The molecule has 4 heterocycles. The predicted octanol–water partition coefficient (Wildman–Crippen LogP) is 2.13. The standard InChI is InChI=1S/C19H25N3O2/c1-19(2)10-17(23)20-15-4-3-13(9-14(15)19)18(24)21-16-11-22-7-5-12(16)6-8-22/h3-4,9,12,16H,5-8,10-11H2,1-2H3,(H,20,23)(H,21,24). The lowest BCUT2D eigenvalue weighted by Crippen LogP contribution is -2.57. The average molecular weight is 327 g/mol. The van der Waals surface area contributed by atoms with E-state index in [1.165, 1.54) is 25.9 Å². The minimum absolute atomic E-state index is 0.00394. The molecule has 0 aliphatic carbocycles. The van der Waals surface area contributed by atoms with Crippen molar-refractivity contribution in [2.45, 2.75) is 44.6 Å². The Bertz CT molecular complexity index is 690. The fourth-order valence-corrected chi connectivity index (χ4v) is 4.43. The molecule has 0 aromatic heterocycles. The largest absolute Gasteiger partial charge is 0.348 e. The summed E-state index contributed by atoms with van der Waals surface area (Å²) in [6, 6.07) is 5.89. The fraction of sp³-hybridized carbons (Fsp3) is 0.579. The molecule has 1 aromatic rings. The molecular formula is C19H25N3O2. The summed E-state index contributed by atoms with van der Waals surface area (Å²) in [5, 5.41) is 6.15. The number of nitrogens with zero attached hydrogens (tertiary/aromatic N) is 1. The molecule has 3 fully saturated rings. The Morgan fingerprint density at radius 1 is 1.29 bits per heavy atom. The van der Waals surface area contributed by atoms with Crippen LogP contribution in [0.2, 0.25) is 0 Å². The van der Waals surface area contributed by atoms with Crippen molar-refractivity contribution in [3.8, 4) is 0 Å². The van der Waals surface area contributed by atoms with Crippen LogP contribution < -0.4 is 10.6 Å². The summed E-state index contributed by atoms with van der Waals surface area (Å²) >= 11 is 0. The van der Waals surface area contributed by atoms with Crippen molar-refractivity contribution in [2.75, 3.05) is 25.0 Å². The van der Waals surface area contributed by atoms with Gasteiger partial charge in [0.15, 0.2) is 0 Å². The molecule has 2 N–H and O–H groups in total. The summed E-state index contributed by atoms with van der Waals surface area (Å²) in [5.41, 5.74) is 2.32. The van der Waals surface area contributed by atoms with Gasteiger partial charge in [0.1, 0.15) is 0 Å². The Kier molecular flexibility index (Phi) is 3.64. The highest BCUT2D eigenvalue weighted by molar-refractivity contribution is 5.99. The number of fused-ring (bicyclic) bond motifs is 4. The molecule has 5 nitrogen and oxygen atoms in total. The van der Waals surface area contributed by atoms with Gasteiger partial charge < -0.3 is 15.5 Å². The lowest BCUT2D eigenvalue weighted by Gasteiger charge is -2.45. The molecular weight excluding hydrogens is 302 g/mol. The maximum Gasteiger partial charge on any atom is 0.251 e. The second-order valence-corrected chi connectivity index (χ2v) is 8.09. The van der Waals surface area contributed by atoms with Crippen molar-refractivity contribution in [1.29, 1.82) is 0 Å². The fourth-order valence-electron chi connectivity index (χ4n) is 4.43. The Morgan fingerprint density at radius 2 is 2.04 bits per heavy atom. The van der Waals surface area contributed by atoms with Crippen LogP contribution in [0, 0.1) is 5.92 Å². The van der Waals surface area contributed by atoms with Gasteiger partial charge in [-0.05, 0) is 55.6 Å². The first-order chi connectivity index (χ1) is 11.4. The quantitative estimate of drug-likeness (QED) is 0.875. The Hall–Kier alpha value is -1.88. The SMILES string of the molecule is CC1(C)CC(=O)Nc2ccc(C(=O)NC3CN4CCC3CC4)cc21. The van der Waals surface area contributed by atoms with E-state index >= 15 is 0 Å². The monoisotopic (exact) mass is 327 g/mol. The Balaban J connectivity index is 1.54. The molecule has 5 heteroatoms. The first-order valence-corrected chi connectivity index (χ1v) is 8.90. The van der Waals surface area contributed by atoms with Crippen LogP contribution in [0.5, 0.6) is 0 Å². The van der Waals surface area contributed by atoms with Gasteiger partial charge in [0.25, 0.3) is 5.91 Å². The normalized spacial score (nSPS) is 30.4. The number of carbonyl (C=O) groups is 2. The van der Waals surface area contributed by atoms with Crippen LogP contribution in [0.4, 0.5) is 5.69 Å². The topological polar surface area (TPSA) is 61.4 Å². The molecule has 1 aromatic carbocycles. The Labute approximate surface area is 142 Å². The van der Waals surface area contributed by atoms with Crippen molar-refractivity contribution in [1.82, 2.24) is 10.2 Å². The van der Waals surface area contributed by atoms with Gasteiger partial charge in [-0.15, -0.1) is 0 Å². The number of carbonyl (C=O) groups excluding carboxylic acids is 2. The third-order valence-corrected chi connectivity index (χ3v) is 5.86. The molecule has 24 heavy (non-hydrogen) atoms. The van der Waals surface area contributed by atoms with Crippen molar-refractivity contribution in [2.24, 2.45) is 5.92 Å². The van der Waals surface area contributed by atoms with Gasteiger partial charge in [0.05, 0.1) is 0 Å². The second-order valence-electron chi connectivity index (χ2n) is 8.09. The van der Waals surface area contributed by atoms with Gasteiger partial charge in [-0.25, -0.2) is 0 Å². The van der Waals surface area contributed by atoms with Gasteiger partial charge in [0, 0.05) is 35.7 Å². The van der Waals surface area contributed by atoms with Crippen LogP contribution in [-0.4, -0.2) is 42.4 Å². The molecule has 4 aliphatic heterocycles. The molecule has 1 atom stereocenters. The third kappa shape index (κ3) is 2.71. The van der Waals surface area contributed by atoms with Gasteiger partial charge in [-0.2, -0.15) is 0 Å². The molecule has 128 valence electrons. The van der Waals surface area contributed by atoms with Gasteiger partial charge in [-0.3, -0.25) is 9.59 Å². The first-order valence-electron chi connectivity index (χ1n) is 8.90. The summed E-state index contributed by atoms with van der Waals surface area (Å²) in [4.78, 5) is 27.0. The number of piperidine rings is 3. The summed E-state index contributed by atoms with van der Waals surface area (Å²) in [6.45, 7) is 7.43. The summed E-state index contributed by atoms with van der Waals surface area (Å²) in [6.07, 6.45) is 2.83. The smallest absolute Gasteiger partial charge is 0.251 e. The molecule has 0 spiro atoms. The van der Waals surface area contributed by atoms with E-state index in [1.807, 2.05) is 18.2 Å². The number of amides is 2. The van der Waals surface area contributed by atoms with Crippen LogP contribution in [0.15, 0.2) is 18.2 Å². The number of hydrogen-bond donors (Lipinski definition) is 2. The maximum atomic E-state index is 12.7. The zero-order chi connectivity index (χ0) is 16.9. The highest BCUT2D eigenvalue weighted by Gasteiger charge is 2.36. The number of nitrogens with one attached hydrogen (secondary N) is 2. The van der Waals surface area contributed by atoms with E-state index in [-0.39, 0.29) is 23.3 Å². The van der Waals surface area contributed by atoms with Crippen LogP contribution in [0.3, 0.4) is 0 Å². The minimum Gasteiger partial charge on any atom is -0.348 e. The van der Waals surface area contributed by atoms with Crippen LogP contribution >= 0.6 is 0 Å². The highest BCUT2D eigenvalue weighted by atomic mass is 16.2. The molecule has 2 bridgehead atoms. The van der Waals surface area contributed by atoms with E-state index in [9.17, 15) is 9.59 Å². The predicted molar refractivity (Wildman–Crippen MR) is 93.1 cm³/mol. The molecule has 0 radical (unpaired) electrons. The molecule has 2 amide bonds. The minimum atomic E-state index is -0.246. The van der Waals surface area contributed by atoms with Crippen molar-refractivity contribution in [3.63, 3.8) is 0 Å². The van der Waals surface area contributed by atoms with E-state index < -0.39 is 0 Å². The first kappa shape index (κ1) is 15.6. The van der Waals surface area contributed by atoms with E-state index in [0.29, 0.717) is 17.9 Å². The maximum absolute atomic E-state index is 12.7. The van der Waals surface area contributed by atoms with Gasteiger partial charge in [0.2, 0.25) is 5.91 Å². The van der Waals surface area contributed by atoms with Crippen molar-refractivity contribution >= 4 is 17.5 Å². The Morgan fingerprint density at radius 3 is 2.71 bits per heavy atom. The number of hydrogen-bond acceptors (Lipinski definition) is 3. The van der Waals surface area contributed by atoms with Crippen LogP contribution in [0.1, 0.15) is 49.0 Å². The van der Waals surface area contributed by atoms with Crippen LogP contribution in [0.25, 0.3) is 0 Å². The lowest BCUT2D eigenvalue weighted by atomic mass is 9.77. The summed E-state index contributed by atoms with van der Waals surface area (Å²) < 4.78 is 0. The second kappa shape index (κ2) is 5.59. The van der Waals surface area contributed by atoms with E-state index in [1.54, 1.807) is 0 Å². The van der Waals surface area contributed by atoms with Gasteiger partial charge in [-0.1, -0.05) is 13.8 Å². The number of anilines is 1. The van der Waals surface area contributed by atoms with E-state index in [2.05, 4.69) is 29.4 Å². The van der Waals surface area contributed by atoms with Crippen LogP contribution in [-0.2, 0) is 10.2 Å². The number of rotatable bonds is 2. The highest BCUT2D eigenvalue weighted by Crippen LogP contribution is 2.37. The summed E-state index contributed by atoms with van der Waals surface area (Å²) in [7, 11) is 0. The number of benzene rings is 1. The zero-order valence-electron chi connectivity index (χ0n) is 14.4. The van der Waals surface area contributed by atoms with E-state index in [0.717, 1.165) is 17.8 Å². The summed E-state index contributed by atoms with van der Waals surface area (Å²) in [5.74, 6) is 0.661.